The van der Waals surface area contributed by atoms with Crippen LogP contribution in [0.4, 0.5) is 0 Å². The topological polar surface area (TPSA) is 32.8 Å². The molecule has 5 rings (SSSR count). The number of hydrogen-bond acceptors (Lipinski definition) is 4. The van der Waals surface area contributed by atoms with Gasteiger partial charge in [0.2, 0.25) is 0 Å². The Hall–Kier alpha value is -1.39. The molecule has 0 saturated carbocycles. The molecule has 0 spiro atoms. The van der Waals surface area contributed by atoms with E-state index in [9.17, 15) is 4.79 Å². The van der Waals surface area contributed by atoms with Gasteiger partial charge in [0.1, 0.15) is 11.5 Å². The van der Waals surface area contributed by atoms with Crippen LogP contribution in [0.25, 0.3) is 0 Å². The van der Waals surface area contributed by atoms with E-state index in [1.807, 2.05) is 12.1 Å². The highest BCUT2D eigenvalue weighted by Gasteiger charge is 2.55. The van der Waals surface area contributed by atoms with Crippen molar-refractivity contribution in [3.63, 3.8) is 0 Å². The van der Waals surface area contributed by atoms with Gasteiger partial charge in [-0.25, -0.2) is 0 Å². The van der Waals surface area contributed by atoms with E-state index in [1.165, 1.54) is 5.56 Å². The normalized spacial score (nSPS) is 38.2. The fraction of sp³-hybridized carbons (Fsp3) is 0.562. The highest BCUT2D eigenvalue weighted by atomic mass is 16.5. The summed E-state index contributed by atoms with van der Waals surface area (Å²) in [7, 11) is 1.68. The SMILES string of the molecule is COc1ccc(CC23CN4CC(CN(C4)C2)C3=O)cc1. The number of benzene rings is 1. The molecule has 106 valence electrons. The van der Waals surface area contributed by atoms with Gasteiger partial charge in [-0.05, 0) is 24.1 Å². The van der Waals surface area contributed by atoms with Gasteiger partial charge in [-0.1, -0.05) is 12.1 Å². The Balaban J connectivity index is 1.61. The van der Waals surface area contributed by atoms with Crippen LogP contribution < -0.4 is 4.74 Å². The molecular formula is C16H20N2O2. The molecule has 1 aromatic carbocycles. The smallest absolute Gasteiger partial charge is 0.147 e. The number of carbonyl (C=O) groups excluding carboxylic acids is 1. The molecule has 20 heavy (non-hydrogen) atoms. The maximum absolute atomic E-state index is 12.7. The Labute approximate surface area is 119 Å². The van der Waals surface area contributed by atoms with E-state index in [0.717, 1.165) is 45.0 Å². The van der Waals surface area contributed by atoms with E-state index in [1.54, 1.807) is 7.11 Å². The van der Waals surface area contributed by atoms with Crippen molar-refractivity contribution in [1.82, 2.24) is 9.80 Å². The third-order valence-electron chi connectivity index (χ3n) is 5.00. The Morgan fingerprint density at radius 1 is 1.20 bits per heavy atom. The zero-order valence-electron chi connectivity index (χ0n) is 11.8. The number of hydrogen-bond donors (Lipinski definition) is 0. The maximum atomic E-state index is 12.7. The highest BCUT2D eigenvalue weighted by Crippen LogP contribution is 2.41. The number of carbonyl (C=O) groups is 1. The van der Waals surface area contributed by atoms with Crippen molar-refractivity contribution in [2.75, 3.05) is 40.0 Å². The molecule has 1 aromatic rings. The minimum Gasteiger partial charge on any atom is -0.497 e. The quantitative estimate of drug-likeness (QED) is 0.822. The molecule has 0 N–H and O–H groups in total. The van der Waals surface area contributed by atoms with E-state index in [2.05, 4.69) is 21.9 Å². The molecule has 2 atom stereocenters. The van der Waals surface area contributed by atoms with Crippen LogP contribution in [-0.4, -0.2) is 55.5 Å². The van der Waals surface area contributed by atoms with Crippen LogP contribution in [0, 0.1) is 11.3 Å². The molecule has 4 nitrogen and oxygen atoms in total. The fourth-order valence-electron chi connectivity index (χ4n) is 4.30. The molecule has 4 heteroatoms. The van der Waals surface area contributed by atoms with E-state index in [4.69, 9.17) is 4.74 Å². The van der Waals surface area contributed by atoms with Crippen molar-refractivity contribution in [3.05, 3.63) is 29.8 Å². The number of nitrogens with zero attached hydrogens (tertiary/aromatic N) is 2. The predicted octanol–water partition coefficient (Wildman–Crippen LogP) is 1.01. The van der Waals surface area contributed by atoms with Crippen LogP contribution in [0.5, 0.6) is 5.75 Å². The van der Waals surface area contributed by atoms with Crippen LogP contribution in [0.2, 0.25) is 0 Å². The zero-order chi connectivity index (χ0) is 13.7. The number of Topliss-reactive ketones (excluding diaryl/α,β-unsaturated/α-hetero) is 1. The van der Waals surface area contributed by atoms with Gasteiger partial charge in [0.05, 0.1) is 19.2 Å². The highest BCUT2D eigenvalue weighted by molar-refractivity contribution is 5.90. The van der Waals surface area contributed by atoms with Crippen molar-refractivity contribution >= 4 is 5.78 Å². The average molecular weight is 272 g/mol. The summed E-state index contributed by atoms with van der Waals surface area (Å²) in [5.41, 5.74) is 1.07. The van der Waals surface area contributed by atoms with E-state index in [0.29, 0.717) is 5.78 Å². The Bertz CT molecular complexity index is 526. The number of ketones is 1. The average Bonchev–Trinajstić information content (AvgIpc) is 2.44. The maximum Gasteiger partial charge on any atom is 0.147 e. The van der Waals surface area contributed by atoms with Gasteiger partial charge in [-0.2, -0.15) is 0 Å². The fourth-order valence-corrected chi connectivity index (χ4v) is 4.30. The second-order valence-electron chi connectivity index (χ2n) is 6.53. The standard InChI is InChI=1S/C16H20N2O2/c1-20-14-4-2-12(3-5-14)6-16-9-17-7-13(15(16)19)8-18(10-16)11-17/h2-5,13H,6-11H2,1H3. The predicted molar refractivity (Wildman–Crippen MR) is 75.6 cm³/mol. The van der Waals surface area contributed by atoms with Gasteiger partial charge in [-0.3, -0.25) is 14.6 Å². The largest absolute Gasteiger partial charge is 0.497 e. The second kappa shape index (κ2) is 4.30. The van der Waals surface area contributed by atoms with Crippen LogP contribution in [-0.2, 0) is 11.2 Å². The van der Waals surface area contributed by atoms with Gasteiger partial charge in [0.15, 0.2) is 0 Å². The van der Waals surface area contributed by atoms with Crippen LogP contribution >= 0.6 is 0 Å². The molecule has 4 bridgehead atoms. The Morgan fingerprint density at radius 2 is 1.85 bits per heavy atom. The van der Waals surface area contributed by atoms with Gasteiger partial charge >= 0.3 is 0 Å². The summed E-state index contributed by atoms with van der Waals surface area (Å²) in [6, 6.07) is 8.16. The molecule has 0 aliphatic carbocycles. The number of piperidine rings is 2. The summed E-state index contributed by atoms with van der Waals surface area (Å²) in [5, 5.41) is 0. The zero-order valence-corrected chi connectivity index (χ0v) is 11.8. The molecule has 0 radical (unpaired) electrons. The first kappa shape index (κ1) is 12.4. The van der Waals surface area contributed by atoms with Crippen molar-refractivity contribution in [3.8, 4) is 5.75 Å². The lowest BCUT2D eigenvalue weighted by Gasteiger charge is -2.58. The monoisotopic (exact) mass is 272 g/mol. The Kier molecular flexibility index (Phi) is 2.66. The number of rotatable bonds is 3. The van der Waals surface area contributed by atoms with Gasteiger partial charge in [0.25, 0.3) is 0 Å². The first-order valence-corrected chi connectivity index (χ1v) is 7.30. The lowest BCUT2D eigenvalue weighted by atomic mass is 9.66. The molecule has 0 aromatic heterocycles. The summed E-state index contributed by atoms with van der Waals surface area (Å²) in [6.07, 6.45) is 0.860. The van der Waals surface area contributed by atoms with Crippen molar-refractivity contribution in [2.45, 2.75) is 6.42 Å². The van der Waals surface area contributed by atoms with Gasteiger partial charge in [-0.15, -0.1) is 0 Å². The van der Waals surface area contributed by atoms with E-state index in [-0.39, 0.29) is 11.3 Å². The molecule has 4 fully saturated rings. The molecule has 4 saturated heterocycles. The second-order valence-corrected chi connectivity index (χ2v) is 6.53. The number of methoxy groups -OCH3 is 1. The molecule has 4 heterocycles. The molecule has 0 amide bonds. The summed E-state index contributed by atoms with van der Waals surface area (Å²) in [6.45, 7) is 4.86. The molecule has 2 unspecified atom stereocenters. The minimum absolute atomic E-state index is 0.173. The molecular weight excluding hydrogens is 252 g/mol. The van der Waals surface area contributed by atoms with Crippen LogP contribution in [0.15, 0.2) is 24.3 Å². The summed E-state index contributed by atoms with van der Waals surface area (Å²) in [4.78, 5) is 17.6. The van der Waals surface area contributed by atoms with Crippen molar-refractivity contribution in [2.24, 2.45) is 11.3 Å². The lowest BCUT2D eigenvalue weighted by molar-refractivity contribution is -0.165. The minimum atomic E-state index is -0.173. The third-order valence-corrected chi connectivity index (χ3v) is 5.00. The first-order valence-electron chi connectivity index (χ1n) is 7.30. The van der Waals surface area contributed by atoms with Crippen LogP contribution in [0.3, 0.4) is 0 Å². The van der Waals surface area contributed by atoms with Crippen LogP contribution in [0.1, 0.15) is 5.56 Å². The first-order chi connectivity index (χ1) is 9.68. The molecule has 4 aliphatic rings. The number of ether oxygens (including phenoxy) is 1. The summed E-state index contributed by atoms with van der Waals surface area (Å²) in [5.74, 6) is 1.61. The Morgan fingerprint density at radius 3 is 2.45 bits per heavy atom. The van der Waals surface area contributed by atoms with Gasteiger partial charge < -0.3 is 4.74 Å². The van der Waals surface area contributed by atoms with E-state index < -0.39 is 0 Å². The molecule has 4 aliphatic heterocycles. The summed E-state index contributed by atoms with van der Waals surface area (Å²) >= 11 is 0. The van der Waals surface area contributed by atoms with Crippen molar-refractivity contribution < 1.29 is 9.53 Å². The van der Waals surface area contributed by atoms with E-state index >= 15 is 0 Å². The van der Waals surface area contributed by atoms with Crippen molar-refractivity contribution in [1.29, 1.82) is 0 Å². The third kappa shape index (κ3) is 1.79. The van der Waals surface area contributed by atoms with Gasteiger partial charge in [0, 0.05) is 32.1 Å². The lowest BCUT2D eigenvalue weighted by Crippen LogP contribution is -2.72. The summed E-state index contributed by atoms with van der Waals surface area (Å²) < 4.78 is 5.20.